The van der Waals surface area contributed by atoms with E-state index >= 15 is 0 Å². The Bertz CT molecular complexity index is 1040. The number of hydrogen-bond acceptors (Lipinski definition) is 3. The first-order chi connectivity index (χ1) is 18.7. The summed E-state index contributed by atoms with van der Waals surface area (Å²) in [5, 5.41) is 0. The van der Waals surface area contributed by atoms with Crippen LogP contribution in [0.1, 0.15) is 92.2 Å². The van der Waals surface area contributed by atoms with Crippen LogP contribution < -0.4 is 0 Å². The first-order valence-electron chi connectivity index (χ1n) is 15.4. The second-order valence-corrected chi connectivity index (χ2v) is 15.2. The highest BCUT2D eigenvalue weighted by molar-refractivity contribution is 5.77. The number of carbonyl (C=O) groups excluding carboxylic acids is 1. The van der Waals surface area contributed by atoms with E-state index in [1.807, 2.05) is 0 Å². The van der Waals surface area contributed by atoms with Crippen molar-refractivity contribution >= 4 is 6.03 Å². The molecule has 5 nitrogen and oxygen atoms in total. The van der Waals surface area contributed by atoms with Crippen molar-refractivity contribution in [2.24, 2.45) is 0 Å². The number of amides is 2. The zero-order valence-corrected chi connectivity index (χ0v) is 26.3. The molecule has 2 amide bonds. The largest absolute Gasteiger partial charge is 0.320 e. The maximum atomic E-state index is 14.1. The normalized spacial score (nSPS) is 25.4. The lowest BCUT2D eigenvalue weighted by atomic mass is 9.76. The van der Waals surface area contributed by atoms with Crippen LogP contribution in [-0.2, 0) is 13.1 Å². The topological polar surface area (TPSA) is 30.0 Å². The van der Waals surface area contributed by atoms with E-state index in [4.69, 9.17) is 0 Å². The van der Waals surface area contributed by atoms with E-state index < -0.39 is 0 Å². The number of urea groups is 1. The molecule has 2 aromatic carbocycles. The highest BCUT2D eigenvalue weighted by Gasteiger charge is 2.52. The van der Waals surface area contributed by atoms with E-state index in [9.17, 15) is 4.79 Å². The van der Waals surface area contributed by atoms with Crippen molar-refractivity contribution in [2.45, 2.75) is 128 Å². The minimum Gasteiger partial charge on any atom is -0.320 e. The molecule has 0 unspecified atom stereocenters. The van der Waals surface area contributed by atoms with Crippen LogP contribution in [0.5, 0.6) is 0 Å². The van der Waals surface area contributed by atoms with Gasteiger partial charge in [-0.15, -0.1) is 0 Å². The van der Waals surface area contributed by atoms with Gasteiger partial charge in [0.1, 0.15) is 0 Å². The monoisotopic (exact) mass is 544 g/mol. The summed E-state index contributed by atoms with van der Waals surface area (Å²) in [4.78, 5) is 23.9. The summed E-state index contributed by atoms with van der Waals surface area (Å²) < 4.78 is 0. The number of likely N-dealkylation sites (tertiary alicyclic amines) is 2. The Kier molecular flexibility index (Phi) is 7.63. The molecule has 2 aromatic rings. The molecule has 40 heavy (non-hydrogen) atoms. The van der Waals surface area contributed by atoms with Crippen molar-refractivity contribution in [3.05, 3.63) is 71.8 Å². The first kappa shape index (κ1) is 29.1. The van der Waals surface area contributed by atoms with Crippen molar-refractivity contribution in [3.63, 3.8) is 0 Å². The maximum absolute atomic E-state index is 14.1. The molecule has 3 aliphatic rings. The van der Waals surface area contributed by atoms with Crippen LogP contribution in [-0.4, -0.2) is 73.0 Å². The zero-order valence-electron chi connectivity index (χ0n) is 26.3. The quantitative estimate of drug-likeness (QED) is 0.386. The van der Waals surface area contributed by atoms with E-state index in [0.717, 1.165) is 51.9 Å². The molecule has 5 rings (SSSR count). The van der Waals surface area contributed by atoms with Gasteiger partial charge in [0.15, 0.2) is 0 Å². The Hall–Kier alpha value is -2.37. The molecule has 3 saturated heterocycles. The summed E-state index contributed by atoms with van der Waals surface area (Å²) in [5.41, 5.74) is 2.72. The summed E-state index contributed by atoms with van der Waals surface area (Å²) in [6.07, 6.45) is 4.04. The molecule has 0 saturated carbocycles. The first-order valence-corrected chi connectivity index (χ1v) is 15.4. The van der Waals surface area contributed by atoms with Crippen molar-refractivity contribution < 1.29 is 4.79 Å². The Morgan fingerprint density at radius 3 is 1.15 bits per heavy atom. The molecular weight excluding hydrogens is 492 g/mol. The predicted octanol–water partition coefficient (Wildman–Crippen LogP) is 7.17. The lowest BCUT2D eigenvalue weighted by molar-refractivity contribution is -0.0662. The third kappa shape index (κ3) is 5.69. The molecule has 5 heteroatoms. The second kappa shape index (κ2) is 10.5. The van der Waals surface area contributed by atoms with Crippen LogP contribution in [0.2, 0.25) is 0 Å². The number of nitrogens with zero attached hydrogens (tertiary/aromatic N) is 4. The SMILES string of the molecule is CC1(C)CC(N2CCN(C3CC(C)(C)N(Cc4ccccc4)C(C)(C)C3)C2=O)CC(C)(C)N1Cc1ccccc1. The standard InChI is InChI=1S/C35H52N4O/c1-32(2)21-29(22-33(3,4)38(32)25-27-15-11-9-12-16-27)36-19-20-37(31(36)40)30-23-34(5,6)39(35(7,8)24-30)26-28-17-13-10-14-18-28/h9-18,29-30H,19-26H2,1-8H3. The number of benzene rings is 2. The van der Waals surface area contributed by atoms with E-state index in [0.29, 0.717) is 0 Å². The number of carbonyl (C=O) groups is 1. The average molecular weight is 545 g/mol. The van der Waals surface area contributed by atoms with Gasteiger partial charge in [0, 0.05) is 60.4 Å². The molecule has 3 fully saturated rings. The van der Waals surface area contributed by atoms with Crippen molar-refractivity contribution in [1.29, 1.82) is 0 Å². The molecule has 0 spiro atoms. The van der Waals surface area contributed by atoms with Crippen LogP contribution >= 0.6 is 0 Å². The van der Waals surface area contributed by atoms with E-state index in [1.54, 1.807) is 0 Å². The van der Waals surface area contributed by atoms with E-state index in [-0.39, 0.29) is 40.3 Å². The summed E-state index contributed by atoms with van der Waals surface area (Å²) in [5.74, 6) is 0. The lowest BCUT2D eigenvalue weighted by Gasteiger charge is -2.57. The van der Waals surface area contributed by atoms with Gasteiger partial charge in [-0.1, -0.05) is 60.7 Å². The number of rotatable bonds is 6. The van der Waals surface area contributed by atoms with Crippen molar-refractivity contribution in [1.82, 2.24) is 19.6 Å². The Morgan fingerprint density at radius 1 is 0.550 bits per heavy atom. The van der Waals surface area contributed by atoms with Gasteiger partial charge in [-0.25, -0.2) is 4.79 Å². The molecule has 218 valence electrons. The van der Waals surface area contributed by atoms with Gasteiger partial charge in [-0.05, 0) is 92.2 Å². The Labute approximate surface area is 243 Å². The minimum atomic E-state index is 0.00270. The number of hydrogen-bond donors (Lipinski definition) is 0. The third-order valence-corrected chi connectivity index (χ3v) is 10.2. The molecule has 0 N–H and O–H groups in total. The summed E-state index contributed by atoms with van der Waals surface area (Å²) >= 11 is 0. The molecular formula is C35H52N4O. The fraction of sp³-hybridized carbons (Fsp3) is 0.629. The molecule has 3 aliphatic heterocycles. The van der Waals surface area contributed by atoms with Gasteiger partial charge in [0.05, 0.1) is 0 Å². The van der Waals surface area contributed by atoms with Crippen LogP contribution in [0.4, 0.5) is 4.79 Å². The fourth-order valence-electron chi connectivity index (χ4n) is 8.61. The van der Waals surface area contributed by atoms with E-state index in [1.165, 1.54) is 11.1 Å². The van der Waals surface area contributed by atoms with Gasteiger partial charge in [-0.2, -0.15) is 0 Å². The summed E-state index contributed by atoms with van der Waals surface area (Å²) in [6.45, 7) is 22.5. The van der Waals surface area contributed by atoms with Gasteiger partial charge < -0.3 is 9.80 Å². The van der Waals surface area contributed by atoms with Gasteiger partial charge in [0.25, 0.3) is 0 Å². The smallest absolute Gasteiger partial charge is 0.320 e. The molecule has 0 atom stereocenters. The van der Waals surface area contributed by atoms with Crippen molar-refractivity contribution in [2.75, 3.05) is 13.1 Å². The van der Waals surface area contributed by atoms with Crippen LogP contribution in [0.25, 0.3) is 0 Å². The highest BCUT2D eigenvalue weighted by atomic mass is 16.2. The van der Waals surface area contributed by atoms with Crippen LogP contribution in [0, 0.1) is 0 Å². The summed E-state index contributed by atoms with van der Waals surface area (Å²) in [7, 11) is 0. The average Bonchev–Trinajstić information content (AvgIpc) is 3.25. The van der Waals surface area contributed by atoms with E-state index in [2.05, 4.69) is 136 Å². The Morgan fingerprint density at radius 2 is 0.850 bits per heavy atom. The lowest BCUT2D eigenvalue weighted by Crippen LogP contribution is -2.65. The highest BCUT2D eigenvalue weighted by Crippen LogP contribution is 2.45. The minimum absolute atomic E-state index is 0.00270. The Balaban J connectivity index is 1.29. The molecule has 0 aliphatic carbocycles. The number of piperidine rings is 2. The van der Waals surface area contributed by atoms with Crippen LogP contribution in [0.15, 0.2) is 60.7 Å². The third-order valence-electron chi connectivity index (χ3n) is 10.2. The van der Waals surface area contributed by atoms with Gasteiger partial charge in [0.2, 0.25) is 0 Å². The van der Waals surface area contributed by atoms with Gasteiger partial charge in [-0.3, -0.25) is 9.80 Å². The van der Waals surface area contributed by atoms with Crippen molar-refractivity contribution in [3.8, 4) is 0 Å². The predicted molar refractivity (Wildman–Crippen MR) is 165 cm³/mol. The molecule has 0 radical (unpaired) electrons. The fourth-order valence-corrected chi connectivity index (χ4v) is 8.61. The molecule has 3 heterocycles. The second-order valence-electron chi connectivity index (χ2n) is 15.2. The molecule has 0 bridgehead atoms. The maximum Gasteiger partial charge on any atom is 0.320 e. The summed E-state index contributed by atoms with van der Waals surface area (Å²) in [6, 6.07) is 22.4. The molecule has 0 aromatic heterocycles. The van der Waals surface area contributed by atoms with Gasteiger partial charge >= 0.3 is 6.03 Å². The zero-order chi connectivity index (χ0) is 28.9. The van der Waals surface area contributed by atoms with Crippen LogP contribution in [0.3, 0.4) is 0 Å².